The van der Waals surface area contributed by atoms with Crippen LogP contribution in [-0.4, -0.2) is 31.4 Å². The average Bonchev–Trinajstić information content (AvgIpc) is 3.28. The first-order valence-electron chi connectivity index (χ1n) is 8.73. The number of rotatable bonds is 6. The normalized spacial score (nSPS) is 11.8. The van der Waals surface area contributed by atoms with E-state index in [2.05, 4.69) is 20.8 Å². The minimum atomic E-state index is -0.520. The molecule has 0 aliphatic rings. The molecule has 0 aliphatic heterocycles. The summed E-state index contributed by atoms with van der Waals surface area (Å²) >= 11 is 0. The molecular formula is C19H22N6O2. The van der Waals surface area contributed by atoms with Gasteiger partial charge in [-0.2, -0.15) is 10.2 Å². The molecule has 3 rings (SSSR count). The Balaban J connectivity index is 1.79. The third-order valence-electron chi connectivity index (χ3n) is 4.10. The highest BCUT2D eigenvalue weighted by Gasteiger charge is 2.22. The summed E-state index contributed by atoms with van der Waals surface area (Å²) in [6.07, 6.45) is 5.14. The second-order valence-corrected chi connectivity index (χ2v) is 6.23. The van der Waals surface area contributed by atoms with Crippen molar-refractivity contribution in [2.75, 3.05) is 10.6 Å². The van der Waals surface area contributed by atoms with Crippen LogP contribution in [0.3, 0.4) is 0 Å². The van der Waals surface area contributed by atoms with Gasteiger partial charge in [0, 0.05) is 24.6 Å². The Morgan fingerprint density at radius 3 is 2.52 bits per heavy atom. The van der Waals surface area contributed by atoms with Gasteiger partial charge in [-0.25, -0.2) is 0 Å². The van der Waals surface area contributed by atoms with Crippen LogP contribution in [0.1, 0.15) is 35.9 Å². The monoisotopic (exact) mass is 366 g/mol. The van der Waals surface area contributed by atoms with Crippen molar-refractivity contribution in [3.05, 3.63) is 60.2 Å². The Bertz CT molecular complexity index is 944. The molecule has 1 unspecified atom stereocenters. The number of nitrogens with one attached hydrogen (secondary N) is 2. The maximum Gasteiger partial charge on any atom is 0.278 e. The number of aryl methyl sites for hydroxylation is 2. The molecule has 0 fully saturated rings. The number of aromatic nitrogens is 4. The van der Waals surface area contributed by atoms with Crippen molar-refractivity contribution in [1.82, 2.24) is 19.6 Å². The molecule has 0 saturated carbocycles. The lowest BCUT2D eigenvalue weighted by molar-refractivity contribution is -0.119. The molecule has 1 aromatic carbocycles. The Labute approximate surface area is 157 Å². The molecule has 8 heteroatoms. The average molecular weight is 366 g/mol. The van der Waals surface area contributed by atoms with Gasteiger partial charge < -0.3 is 10.6 Å². The van der Waals surface area contributed by atoms with Gasteiger partial charge in [-0.05, 0) is 38.5 Å². The van der Waals surface area contributed by atoms with E-state index in [1.54, 1.807) is 47.0 Å². The quantitative estimate of drug-likeness (QED) is 0.701. The summed E-state index contributed by atoms with van der Waals surface area (Å²) in [6, 6.07) is 8.58. The first-order valence-corrected chi connectivity index (χ1v) is 8.73. The van der Waals surface area contributed by atoms with Gasteiger partial charge in [0.15, 0.2) is 5.69 Å². The summed E-state index contributed by atoms with van der Waals surface area (Å²) in [5, 5.41) is 14.0. The van der Waals surface area contributed by atoms with Crippen LogP contribution in [-0.2, 0) is 11.3 Å². The number of carbonyl (C=O) groups excluding carboxylic acids is 2. The van der Waals surface area contributed by atoms with Crippen molar-refractivity contribution in [1.29, 1.82) is 0 Å². The van der Waals surface area contributed by atoms with Crippen molar-refractivity contribution in [2.24, 2.45) is 0 Å². The Hall–Kier alpha value is -3.42. The number of nitrogens with zero attached hydrogens (tertiary/aromatic N) is 4. The van der Waals surface area contributed by atoms with Gasteiger partial charge in [0.05, 0.1) is 11.9 Å². The molecule has 0 aliphatic carbocycles. The fourth-order valence-corrected chi connectivity index (χ4v) is 2.56. The number of para-hydroxylation sites is 1. The fourth-order valence-electron chi connectivity index (χ4n) is 2.56. The smallest absolute Gasteiger partial charge is 0.278 e. The van der Waals surface area contributed by atoms with Crippen molar-refractivity contribution in [3.63, 3.8) is 0 Å². The van der Waals surface area contributed by atoms with Crippen molar-refractivity contribution in [2.45, 2.75) is 33.4 Å². The largest absolute Gasteiger partial charge is 0.321 e. The van der Waals surface area contributed by atoms with Crippen LogP contribution in [0.15, 0.2) is 48.9 Å². The molecule has 2 N–H and O–H groups in total. The van der Waals surface area contributed by atoms with Gasteiger partial charge in [0.25, 0.3) is 5.91 Å². The zero-order valence-corrected chi connectivity index (χ0v) is 15.5. The lowest BCUT2D eigenvalue weighted by Gasteiger charge is -2.12. The highest BCUT2D eigenvalue weighted by Crippen LogP contribution is 2.18. The lowest BCUT2D eigenvalue weighted by Crippen LogP contribution is -2.25. The Kier molecular flexibility index (Phi) is 5.35. The molecule has 2 aromatic heterocycles. The maximum atomic E-state index is 12.6. The third kappa shape index (κ3) is 4.22. The fraction of sp³-hybridized carbons (Fsp3) is 0.263. The highest BCUT2D eigenvalue weighted by molar-refractivity contribution is 6.09. The second kappa shape index (κ2) is 7.86. The SMILES string of the molecule is CCn1cc(NC(=O)C(C)n2cc(C)cn2)c(C(=O)Nc2ccccc2)n1. The van der Waals surface area contributed by atoms with Crippen LogP contribution in [0.2, 0.25) is 0 Å². The predicted molar refractivity (Wildman–Crippen MR) is 103 cm³/mol. The van der Waals surface area contributed by atoms with E-state index < -0.39 is 6.04 Å². The summed E-state index contributed by atoms with van der Waals surface area (Å²) in [6.45, 7) is 6.14. The molecule has 0 spiro atoms. The Morgan fingerprint density at radius 1 is 1.15 bits per heavy atom. The van der Waals surface area contributed by atoms with E-state index in [9.17, 15) is 9.59 Å². The van der Waals surface area contributed by atoms with E-state index in [1.807, 2.05) is 32.0 Å². The van der Waals surface area contributed by atoms with Crippen LogP contribution in [0.25, 0.3) is 0 Å². The number of hydrogen-bond donors (Lipinski definition) is 2. The van der Waals surface area contributed by atoms with Gasteiger partial charge in [-0.3, -0.25) is 19.0 Å². The van der Waals surface area contributed by atoms with Gasteiger partial charge in [-0.15, -0.1) is 0 Å². The van der Waals surface area contributed by atoms with Gasteiger partial charge in [-0.1, -0.05) is 18.2 Å². The highest BCUT2D eigenvalue weighted by atomic mass is 16.2. The number of anilines is 2. The van der Waals surface area contributed by atoms with E-state index in [4.69, 9.17) is 0 Å². The number of amides is 2. The second-order valence-electron chi connectivity index (χ2n) is 6.23. The molecule has 0 saturated heterocycles. The number of carbonyl (C=O) groups is 2. The molecule has 2 amide bonds. The molecule has 3 aromatic rings. The third-order valence-corrected chi connectivity index (χ3v) is 4.10. The van der Waals surface area contributed by atoms with Crippen LogP contribution in [0.5, 0.6) is 0 Å². The molecule has 8 nitrogen and oxygen atoms in total. The van der Waals surface area contributed by atoms with Crippen LogP contribution >= 0.6 is 0 Å². The molecule has 0 bridgehead atoms. The summed E-state index contributed by atoms with van der Waals surface area (Å²) in [5.74, 6) is -0.659. The Morgan fingerprint density at radius 2 is 1.89 bits per heavy atom. The molecular weight excluding hydrogens is 344 g/mol. The zero-order chi connectivity index (χ0) is 19.4. The summed E-state index contributed by atoms with van der Waals surface area (Å²) in [7, 11) is 0. The molecule has 1 atom stereocenters. The van der Waals surface area contributed by atoms with Crippen molar-refractivity contribution in [3.8, 4) is 0 Å². The summed E-state index contributed by atoms with van der Waals surface area (Å²) in [4.78, 5) is 25.2. The first-order chi connectivity index (χ1) is 13.0. The van der Waals surface area contributed by atoms with E-state index >= 15 is 0 Å². The summed E-state index contributed by atoms with van der Waals surface area (Å²) < 4.78 is 3.19. The van der Waals surface area contributed by atoms with Crippen LogP contribution in [0, 0.1) is 6.92 Å². The zero-order valence-electron chi connectivity index (χ0n) is 15.5. The van der Waals surface area contributed by atoms with E-state index in [-0.39, 0.29) is 17.5 Å². The van der Waals surface area contributed by atoms with Crippen LogP contribution < -0.4 is 10.6 Å². The molecule has 2 heterocycles. The lowest BCUT2D eigenvalue weighted by atomic mass is 10.2. The first kappa shape index (κ1) is 18.4. The van der Waals surface area contributed by atoms with Gasteiger partial charge in [0.1, 0.15) is 6.04 Å². The number of hydrogen-bond acceptors (Lipinski definition) is 4. The van der Waals surface area contributed by atoms with E-state index in [0.29, 0.717) is 17.9 Å². The summed E-state index contributed by atoms with van der Waals surface area (Å²) in [5.41, 5.74) is 2.16. The number of benzene rings is 1. The standard InChI is InChI=1S/C19H22N6O2/c1-4-24-12-16(22-18(26)14(3)25-11-13(2)10-20-25)17(23-24)19(27)21-15-8-6-5-7-9-15/h5-12,14H,4H2,1-3H3,(H,21,27)(H,22,26). The predicted octanol–water partition coefficient (Wildman–Crippen LogP) is 2.86. The maximum absolute atomic E-state index is 12.6. The minimum Gasteiger partial charge on any atom is -0.321 e. The van der Waals surface area contributed by atoms with Gasteiger partial charge in [0.2, 0.25) is 5.91 Å². The van der Waals surface area contributed by atoms with Crippen molar-refractivity contribution < 1.29 is 9.59 Å². The van der Waals surface area contributed by atoms with E-state index in [1.165, 1.54) is 0 Å². The molecule has 27 heavy (non-hydrogen) atoms. The van der Waals surface area contributed by atoms with Crippen LogP contribution in [0.4, 0.5) is 11.4 Å². The molecule has 140 valence electrons. The topological polar surface area (TPSA) is 93.8 Å². The van der Waals surface area contributed by atoms with Crippen molar-refractivity contribution >= 4 is 23.2 Å². The van der Waals surface area contributed by atoms with E-state index in [0.717, 1.165) is 5.56 Å². The minimum absolute atomic E-state index is 0.165. The van der Waals surface area contributed by atoms with Gasteiger partial charge >= 0.3 is 0 Å². The molecule has 0 radical (unpaired) electrons.